The summed E-state index contributed by atoms with van der Waals surface area (Å²) in [6.07, 6.45) is 1.10. The summed E-state index contributed by atoms with van der Waals surface area (Å²) in [6.45, 7) is 5.65. The van der Waals surface area contributed by atoms with Crippen molar-refractivity contribution in [2.45, 2.75) is 6.92 Å². The van der Waals surface area contributed by atoms with Crippen molar-refractivity contribution in [2.75, 3.05) is 17.2 Å². The Hall–Kier alpha value is -3.61. The predicted octanol–water partition coefficient (Wildman–Crippen LogP) is 2.52. The molecule has 0 bridgehead atoms. The summed E-state index contributed by atoms with van der Waals surface area (Å²) >= 11 is 0. The Morgan fingerprint density at radius 3 is 2.46 bits per heavy atom. The van der Waals surface area contributed by atoms with Gasteiger partial charge in [0.15, 0.2) is 0 Å². The molecule has 0 spiro atoms. The molecule has 0 radical (unpaired) electrons. The zero-order valence-electron chi connectivity index (χ0n) is 14.2. The minimum absolute atomic E-state index is 0.0183. The summed E-state index contributed by atoms with van der Waals surface area (Å²) in [5.41, 5.74) is 1.13. The van der Waals surface area contributed by atoms with Gasteiger partial charge in [0.25, 0.3) is 11.8 Å². The Kier molecular flexibility index (Phi) is 6.10. The number of carbonyl (C=O) groups excluding carboxylic acids is 3. The van der Waals surface area contributed by atoms with Crippen LogP contribution in [0.3, 0.4) is 0 Å². The van der Waals surface area contributed by atoms with E-state index in [1.807, 2.05) is 6.92 Å². The average Bonchev–Trinajstić information content (AvgIpc) is 2.63. The van der Waals surface area contributed by atoms with Crippen molar-refractivity contribution in [3.63, 3.8) is 0 Å². The van der Waals surface area contributed by atoms with E-state index in [0.29, 0.717) is 23.5 Å². The van der Waals surface area contributed by atoms with Gasteiger partial charge < -0.3 is 21.1 Å². The summed E-state index contributed by atoms with van der Waals surface area (Å²) in [4.78, 5) is 35.7. The van der Waals surface area contributed by atoms with Crippen LogP contribution in [0.5, 0.6) is 5.75 Å². The van der Waals surface area contributed by atoms with E-state index in [1.54, 1.807) is 18.2 Å². The maximum Gasteiger partial charge on any atom is 0.259 e. The van der Waals surface area contributed by atoms with Crippen LogP contribution < -0.4 is 16.0 Å². The first kappa shape index (κ1) is 18.7. The molecule has 7 heteroatoms. The van der Waals surface area contributed by atoms with Crippen LogP contribution in [-0.4, -0.2) is 29.4 Å². The molecule has 2 aromatic rings. The van der Waals surface area contributed by atoms with Crippen LogP contribution in [0.25, 0.3) is 0 Å². The summed E-state index contributed by atoms with van der Waals surface area (Å²) < 4.78 is 0. The van der Waals surface area contributed by atoms with Crippen LogP contribution in [-0.2, 0) is 4.79 Å². The van der Waals surface area contributed by atoms with Gasteiger partial charge in [0.05, 0.1) is 5.56 Å². The number of hydrogen-bond acceptors (Lipinski definition) is 4. The predicted molar refractivity (Wildman–Crippen MR) is 99.3 cm³/mol. The number of nitrogens with one attached hydrogen (secondary N) is 3. The minimum atomic E-state index is -0.578. The fourth-order valence-corrected chi connectivity index (χ4v) is 2.19. The van der Waals surface area contributed by atoms with E-state index in [2.05, 4.69) is 22.5 Å². The molecule has 0 unspecified atom stereocenters. The van der Waals surface area contributed by atoms with E-state index >= 15 is 0 Å². The highest BCUT2D eigenvalue weighted by Gasteiger charge is 2.14. The third-order valence-electron chi connectivity index (χ3n) is 3.41. The lowest BCUT2D eigenvalue weighted by atomic mass is 10.1. The third kappa shape index (κ3) is 4.70. The summed E-state index contributed by atoms with van der Waals surface area (Å²) in [5.74, 6) is -1.50. The largest absolute Gasteiger partial charge is 0.507 e. The van der Waals surface area contributed by atoms with Gasteiger partial charge in [-0.3, -0.25) is 14.4 Å². The first-order chi connectivity index (χ1) is 12.4. The zero-order valence-corrected chi connectivity index (χ0v) is 14.2. The lowest BCUT2D eigenvalue weighted by Crippen LogP contribution is -2.22. The number of phenols is 1. The SMILES string of the molecule is C=CC(=O)Nc1ccc(O)c(C(=O)Nc2cccc(C(=O)NCC)c2)c1. The Labute approximate surface area is 150 Å². The van der Waals surface area contributed by atoms with Crippen LogP contribution in [0.2, 0.25) is 0 Å². The Morgan fingerprint density at radius 1 is 1.04 bits per heavy atom. The fourth-order valence-electron chi connectivity index (χ4n) is 2.19. The molecule has 134 valence electrons. The average molecular weight is 353 g/mol. The first-order valence-electron chi connectivity index (χ1n) is 7.90. The highest BCUT2D eigenvalue weighted by molar-refractivity contribution is 6.08. The van der Waals surface area contributed by atoms with Crippen LogP contribution in [0, 0.1) is 0 Å². The van der Waals surface area contributed by atoms with Crippen molar-refractivity contribution in [3.8, 4) is 5.75 Å². The van der Waals surface area contributed by atoms with E-state index in [1.165, 1.54) is 24.3 Å². The first-order valence-corrected chi connectivity index (χ1v) is 7.90. The van der Waals surface area contributed by atoms with E-state index in [4.69, 9.17) is 0 Å². The number of amides is 3. The number of hydrogen-bond donors (Lipinski definition) is 4. The molecule has 2 rings (SSSR count). The topological polar surface area (TPSA) is 108 Å². The van der Waals surface area contributed by atoms with E-state index in [0.717, 1.165) is 6.08 Å². The number of aromatic hydroxyl groups is 1. The van der Waals surface area contributed by atoms with E-state index in [-0.39, 0.29) is 17.2 Å². The van der Waals surface area contributed by atoms with Crippen molar-refractivity contribution in [1.29, 1.82) is 0 Å². The smallest absolute Gasteiger partial charge is 0.259 e. The zero-order chi connectivity index (χ0) is 19.1. The van der Waals surface area contributed by atoms with E-state index < -0.39 is 11.8 Å². The molecular weight excluding hydrogens is 334 g/mol. The fraction of sp³-hybridized carbons (Fsp3) is 0.105. The molecule has 26 heavy (non-hydrogen) atoms. The van der Waals surface area contributed by atoms with Gasteiger partial charge in [-0.05, 0) is 49.4 Å². The van der Waals surface area contributed by atoms with Crippen molar-refractivity contribution < 1.29 is 19.5 Å². The van der Waals surface area contributed by atoms with Crippen molar-refractivity contribution in [2.24, 2.45) is 0 Å². The molecule has 0 heterocycles. The second-order valence-corrected chi connectivity index (χ2v) is 5.32. The molecule has 0 aliphatic carbocycles. The molecule has 0 aliphatic rings. The maximum absolute atomic E-state index is 12.4. The van der Waals surface area contributed by atoms with Gasteiger partial charge >= 0.3 is 0 Å². The lowest BCUT2D eigenvalue weighted by molar-refractivity contribution is -0.111. The van der Waals surface area contributed by atoms with Gasteiger partial charge in [0.1, 0.15) is 5.75 Å². The Morgan fingerprint density at radius 2 is 1.77 bits per heavy atom. The van der Waals surface area contributed by atoms with Crippen molar-refractivity contribution in [1.82, 2.24) is 5.32 Å². The third-order valence-corrected chi connectivity index (χ3v) is 3.41. The number of rotatable bonds is 6. The molecule has 0 atom stereocenters. The Balaban J connectivity index is 2.21. The standard InChI is InChI=1S/C19H19N3O4/c1-3-17(24)21-14-8-9-16(23)15(11-14)19(26)22-13-7-5-6-12(10-13)18(25)20-4-2/h3,5-11,23H,1,4H2,2H3,(H,20,25)(H,21,24)(H,22,26). The van der Waals surface area contributed by atoms with Gasteiger partial charge in [-0.2, -0.15) is 0 Å². The molecule has 0 aromatic heterocycles. The second kappa shape index (κ2) is 8.48. The van der Waals surface area contributed by atoms with Crippen LogP contribution >= 0.6 is 0 Å². The highest BCUT2D eigenvalue weighted by atomic mass is 16.3. The highest BCUT2D eigenvalue weighted by Crippen LogP contribution is 2.23. The Bertz CT molecular complexity index is 862. The molecule has 7 nitrogen and oxygen atoms in total. The molecule has 4 N–H and O–H groups in total. The summed E-state index contributed by atoms with van der Waals surface area (Å²) in [6, 6.07) is 10.5. The lowest BCUT2D eigenvalue weighted by Gasteiger charge is -2.10. The normalized spacial score (nSPS) is 9.88. The van der Waals surface area contributed by atoms with Crippen LogP contribution in [0.1, 0.15) is 27.6 Å². The number of phenolic OH excluding ortho intramolecular Hbond substituents is 1. The van der Waals surface area contributed by atoms with Gasteiger partial charge in [-0.15, -0.1) is 0 Å². The molecule has 0 saturated carbocycles. The molecule has 3 amide bonds. The molecule has 2 aromatic carbocycles. The minimum Gasteiger partial charge on any atom is -0.507 e. The summed E-state index contributed by atoms with van der Waals surface area (Å²) in [7, 11) is 0. The van der Waals surface area contributed by atoms with Gasteiger partial charge in [0.2, 0.25) is 5.91 Å². The number of carbonyl (C=O) groups is 3. The second-order valence-electron chi connectivity index (χ2n) is 5.32. The molecule has 0 aliphatic heterocycles. The van der Waals surface area contributed by atoms with Crippen LogP contribution in [0.4, 0.5) is 11.4 Å². The van der Waals surface area contributed by atoms with Crippen molar-refractivity contribution >= 4 is 29.1 Å². The van der Waals surface area contributed by atoms with Gasteiger partial charge in [-0.1, -0.05) is 12.6 Å². The maximum atomic E-state index is 12.4. The monoisotopic (exact) mass is 353 g/mol. The molecule has 0 fully saturated rings. The quantitative estimate of drug-likeness (QED) is 0.473. The van der Waals surface area contributed by atoms with Gasteiger partial charge in [0, 0.05) is 23.5 Å². The van der Waals surface area contributed by atoms with Gasteiger partial charge in [-0.25, -0.2) is 0 Å². The molecule has 0 saturated heterocycles. The summed E-state index contributed by atoms with van der Waals surface area (Å²) in [5, 5.41) is 17.7. The number of anilines is 2. The van der Waals surface area contributed by atoms with Crippen LogP contribution in [0.15, 0.2) is 55.1 Å². The van der Waals surface area contributed by atoms with Crippen molar-refractivity contribution in [3.05, 3.63) is 66.2 Å². The van der Waals surface area contributed by atoms with E-state index in [9.17, 15) is 19.5 Å². The number of benzene rings is 2. The molecular formula is C19H19N3O4.